The van der Waals surface area contributed by atoms with Gasteiger partial charge in [0.05, 0.1) is 13.7 Å². The number of hydrogen-bond donors (Lipinski definition) is 3. The first-order valence-corrected chi connectivity index (χ1v) is 9.97. The fourth-order valence-corrected chi connectivity index (χ4v) is 3.11. The van der Waals surface area contributed by atoms with Crippen molar-refractivity contribution in [1.29, 1.82) is 0 Å². The van der Waals surface area contributed by atoms with E-state index in [-0.39, 0.29) is 6.03 Å². The summed E-state index contributed by atoms with van der Waals surface area (Å²) < 4.78 is 11.2. The Morgan fingerprint density at radius 2 is 1.97 bits per heavy atom. The maximum atomic E-state index is 12.3. The van der Waals surface area contributed by atoms with Gasteiger partial charge in [-0.05, 0) is 60.0 Å². The Labute approximate surface area is 171 Å². The van der Waals surface area contributed by atoms with Gasteiger partial charge in [0.1, 0.15) is 0 Å². The van der Waals surface area contributed by atoms with E-state index in [1.165, 1.54) is 0 Å². The molecule has 6 heteroatoms. The maximum Gasteiger partial charge on any atom is 0.319 e. The van der Waals surface area contributed by atoms with E-state index in [4.69, 9.17) is 9.47 Å². The van der Waals surface area contributed by atoms with E-state index in [2.05, 4.69) is 35.5 Å². The van der Waals surface area contributed by atoms with Gasteiger partial charge in [-0.3, -0.25) is 0 Å². The van der Waals surface area contributed by atoms with E-state index in [0.29, 0.717) is 36.3 Å². The molecule has 1 aromatic heterocycles. The molecule has 154 valence electrons. The number of ether oxygens (including phenoxy) is 2. The second-order valence-corrected chi connectivity index (χ2v) is 7.46. The Balaban J connectivity index is 1.55. The number of urea groups is 1. The molecular weight excluding hydrogens is 366 g/mol. The lowest BCUT2D eigenvalue weighted by Gasteiger charge is -2.14. The minimum Gasteiger partial charge on any atom is -0.493 e. The van der Waals surface area contributed by atoms with Crippen LogP contribution < -0.4 is 20.1 Å². The number of nitrogens with one attached hydrogen (secondary N) is 3. The van der Waals surface area contributed by atoms with Gasteiger partial charge in [0, 0.05) is 30.0 Å². The number of anilines is 1. The first-order chi connectivity index (χ1) is 14.0. The van der Waals surface area contributed by atoms with Gasteiger partial charge >= 0.3 is 6.03 Å². The van der Waals surface area contributed by atoms with Gasteiger partial charge in [-0.25, -0.2) is 4.79 Å². The first kappa shape index (κ1) is 20.6. The second-order valence-electron chi connectivity index (χ2n) is 7.46. The predicted molar refractivity (Wildman–Crippen MR) is 117 cm³/mol. The zero-order valence-corrected chi connectivity index (χ0v) is 17.2. The summed E-state index contributed by atoms with van der Waals surface area (Å²) in [5, 5.41) is 6.86. The number of carbonyl (C=O) groups excluding carboxylic acids is 1. The van der Waals surface area contributed by atoms with E-state index in [1.54, 1.807) is 25.3 Å². The highest BCUT2D eigenvalue weighted by molar-refractivity contribution is 5.89. The number of rotatable bonds is 9. The van der Waals surface area contributed by atoms with Crippen LogP contribution >= 0.6 is 0 Å². The topological polar surface area (TPSA) is 75.4 Å². The van der Waals surface area contributed by atoms with Crippen LogP contribution in [-0.4, -0.2) is 24.7 Å². The van der Waals surface area contributed by atoms with E-state index in [9.17, 15) is 4.79 Å². The van der Waals surface area contributed by atoms with Crippen molar-refractivity contribution in [2.75, 3.05) is 19.0 Å². The van der Waals surface area contributed by atoms with Crippen molar-refractivity contribution >= 4 is 22.6 Å². The van der Waals surface area contributed by atoms with Gasteiger partial charge < -0.3 is 25.1 Å². The SMILES string of the molecule is COc1ccc(NC(=O)NCc2ccc3[nH]ccc3c2)cc1OCCCC(C)C. The molecule has 0 fully saturated rings. The summed E-state index contributed by atoms with van der Waals surface area (Å²) in [6, 6.07) is 13.2. The van der Waals surface area contributed by atoms with Crippen molar-refractivity contribution in [2.24, 2.45) is 5.92 Å². The number of aromatic amines is 1. The third-order valence-electron chi connectivity index (χ3n) is 4.68. The summed E-state index contributed by atoms with van der Waals surface area (Å²) in [7, 11) is 1.61. The highest BCUT2D eigenvalue weighted by Gasteiger charge is 2.09. The molecule has 6 nitrogen and oxygen atoms in total. The summed E-state index contributed by atoms with van der Waals surface area (Å²) in [4.78, 5) is 15.5. The van der Waals surface area contributed by atoms with Gasteiger partial charge in [0.25, 0.3) is 0 Å². The van der Waals surface area contributed by atoms with Gasteiger partial charge in [-0.1, -0.05) is 19.9 Å². The van der Waals surface area contributed by atoms with Crippen LogP contribution in [-0.2, 0) is 6.54 Å². The average molecular weight is 396 g/mol. The summed E-state index contributed by atoms with van der Waals surface area (Å²) in [5.41, 5.74) is 2.77. The number of aromatic nitrogens is 1. The first-order valence-electron chi connectivity index (χ1n) is 9.97. The van der Waals surface area contributed by atoms with E-state index < -0.39 is 0 Å². The molecule has 0 aliphatic rings. The smallest absolute Gasteiger partial charge is 0.319 e. The molecule has 0 radical (unpaired) electrons. The Morgan fingerprint density at radius 1 is 1.10 bits per heavy atom. The van der Waals surface area contributed by atoms with E-state index in [1.807, 2.05) is 24.4 Å². The number of amides is 2. The summed E-state index contributed by atoms with van der Waals surface area (Å²) in [5.74, 6) is 1.93. The number of hydrogen-bond acceptors (Lipinski definition) is 3. The van der Waals surface area contributed by atoms with Crippen molar-refractivity contribution in [2.45, 2.75) is 33.2 Å². The van der Waals surface area contributed by atoms with Gasteiger partial charge in [0.2, 0.25) is 0 Å². The molecule has 29 heavy (non-hydrogen) atoms. The zero-order valence-electron chi connectivity index (χ0n) is 17.2. The van der Waals surface area contributed by atoms with Crippen LogP contribution in [0.4, 0.5) is 10.5 Å². The van der Waals surface area contributed by atoms with Crippen LogP contribution in [0.5, 0.6) is 11.5 Å². The molecule has 1 heterocycles. The Kier molecular flexibility index (Phi) is 7.00. The molecule has 0 saturated carbocycles. The molecule has 3 rings (SSSR count). The molecular formula is C23H29N3O3. The highest BCUT2D eigenvalue weighted by Crippen LogP contribution is 2.30. The minimum absolute atomic E-state index is 0.268. The largest absolute Gasteiger partial charge is 0.493 e. The van der Waals surface area contributed by atoms with Gasteiger partial charge in [-0.15, -0.1) is 0 Å². The highest BCUT2D eigenvalue weighted by atomic mass is 16.5. The monoisotopic (exact) mass is 395 g/mol. The van der Waals surface area contributed by atoms with Crippen LogP contribution in [0.2, 0.25) is 0 Å². The van der Waals surface area contributed by atoms with Crippen molar-refractivity contribution < 1.29 is 14.3 Å². The van der Waals surface area contributed by atoms with Gasteiger partial charge in [0.15, 0.2) is 11.5 Å². The quantitative estimate of drug-likeness (QED) is 0.430. The molecule has 3 aromatic rings. The zero-order chi connectivity index (χ0) is 20.6. The van der Waals surface area contributed by atoms with Crippen LogP contribution in [0.25, 0.3) is 10.9 Å². The Hall–Kier alpha value is -3.15. The normalized spacial score (nSPS) is 10.9. The lowest BCUT2D eigenvalue weighted by atomic mass is 10.1. The minimum atomic E-state index is -0.268. The number of H-pyrrole nitrogens is 1. The molecule has 0 unspecified atom stereocenters. The third kappa shape index (κ3) is 5.91. The van der Waals surface area contributed by atoms with Gasteiger partial charge in [-0.2, -0.15) is 0 Å². The molecule has 0 spiro atoms. The molecule has 3 N–H and O–H groups in total. The number of methoxy groups -OCH3 is 1. The third-order valence-corrected chi connectivity index (χ3v) is 4.68. The molecule has 0 aliphatic heterocycles. The Morgan fingerprint density at radius 3 is 2.76 bits per heavy atom. The molecule has 0 bridgehead atoms. The van der Waals surface area contributed by atoms with Crippen molar-refractivity contribution in [1.82, 2.24) is 10.3 Å². The Bertz CT molecular complexity index is 949. The molecule has 0 aliphatic carbocycles. The van der Waals surface area contributed by atoms with Crippen LogP contribution in [0.15, 0.2) is 48.7 Å². The van der Waals surface area contributed by atoms with Crippen molar-refractivity contribution in [3.8, 4) is 11.5 Å². The maximum absolute atomic E-state index is 12.3. The van der Waals surface area contributed by atoms with E-state index >= 15 is 0 Å². The number of carbonyl (C=O) groups is 1. The molecule has 2 amide bonds. The lowest BCUT2D eigenvalue weighted by molar-refractivity contribution is 0.251. The average Bonchev–Trinajstić information content (AvgIpc) is 3.17. The molecule has 2 aromatic carbocycles. The van der Waals surface area contributed by atoms with E-state index in [0.717, 1.165) is 29.3 Å². The van der Waals surface area contributed by atoms with Crippen molar-refractivity contribution in [3.05, 3.63) is 54.2 Å². The lowest BCUT2D eigenvalue weighted by Crippen LogP contribution is -2.28. The standard InChI is InChI=1S/C23H29N3O3/c1-16(2)5-4-12-29-22-14-19(7-9-21(22)28-3)26-23(27)25-15-17-6-8-20-18(13-17)10-11-24-20/h6-11,13-14,16,24H,4-5,12,15H2,1-3H3,(H2,25,26,27). The fourth-order valence-electron chi connectivity index (χ4n) is 3.11. The fraction of sp³-hybridized carbons (Fsp3) is 0.348. The van der Waals surface area contributed by atoms with Crippen molar-refractivity contribution in [3.63, 3.8) is 0 Å². The molecule has 0 saturated heterocycles. The van der Waals surface area contributed by atoms with Crippen LogP contribution in [0.1, 0.15) is 32.3 Å². The van der Waals surface area contributed by atoms with Crippen LogP contribution in [0.3, 0.4) is 0 Å². The number of fused-ring (bicyclic) bond motifs is 1. The predicted octanol–water partition coefficient (Wildman–Crippen LogP) is 5.31. The summed E-state index contributed by atoms with van der Waals surface area (Å²) in [6.07, 6.45) is 3.99. The summed E-state index contributed by atoms with van der Waals surface area (Å²) in [6.45, 7) is 5.45. The second kappa shape index (κ2) is 9.87. The number of benzene rings is 2. The summed E-state index contributed by atoms with van der Waals surface area (Å²) >= 11 is 0. The molecule has 0 atom stereocenters. The van der Waals surface area contributed by atoms with Crippen LogP contribution in [0, 0.1) is 5.92 Å².